The van der Waals surface area contributed by atoms with Crippen molar-refractivity contribution >= 4 is 40.4 Å². The number of piperidine rings is 1. The summed E-state index contributed by atoms with van der Waals surface area (Å²) >= 11 is 0. The van der Waals surface area contributed by atoms with Gasteiger partial charge in [-0.1, -0.05) is 45.9 Å². The lowest BCUT2D eigenvalue weighted by molar-refractivity contribution is -0.160. The van der Waals surface area contributed by atoms with Gasteiger partial charge in [-0.2, -0.15) is 0 Å². The third kappa shape index (κ3) is 10.3. The monoisotopic (exact) mass is 1130 g/mol. The van der Waals surface area contributed by atoms with E-state index < -0.39 is 100 Å². The SMILES string of the molecule is CO[C@H]1/C=C/O[C@@]2(C)Oc3c(C)c(O)c4c(c3C2=O)C(=O)C(N2CCC(NC3(C5CCN(c6c(F)cn7c(=O)c(C)cc(C8CC8)c7c6C)C5)CC3)CC2)=C(NC(=O)/C(C)=C\C=C\[C@H](C)[C@H](O)[C@@H](C)[C@@H](O)[C@@H](C)[C@H](OC(C)=O)[C@@H]1C)C4=O. The number of likely N-dealkylation sites (tertiary alicyclic amines) is 1. The molecule has 11 rings (SSSR count). The van der Waals surface area contributed by atoms with Gasteiger partial charge >= 0.3 is 11.8 Å². The van der Waals surface area contributed by atoms with Crippen LogP contribution in [0.4, 0.5) is 10.1 Å². The summed E-state index contributed by atoms with van der Waals surface area (Å²) in [5, 5.41) is 41.8. The Kier molecular flexibility index (Phi) is 15.8. The lowest BCUT2D eigenvalue weighted by Crippen LogP contribution is -2.51. The summed E-state index contributed by atoms with van der Waals surface area (Å²) in [6.45, 7) is 18.0. The number of aliphatic hydroxyl groups excluding tert-OH is 2. The second-order valence-electron chi connectivity index (χ2n) is 24.5. The van der Waals surface area contributed by atoms with Gasteiger partial charge in [0, 0.05) is 99.1 Å². The molecule has 10 atom stereocenters. The summed E-state index contributed by atoms with van der Waals surface area (Å²) < 4.78 is 41.7. The summed E-state index contributed by atoms with van der Waals surface area (Å²) in [5.74, 6) is -9.16. The second kappa shape index (κ2) is 22.2. The van der Waals surface area contributed by atoms with E-state index in [4.69, 9.17) is 18.9 Å². The zero-order valence-electron chi connectivity index (χ0n) is 48.8. The molecule has 2 aromatic heterocycles. The Labute approximate surface area is 477 Å². The van der Waals surface area contributed by atoms with Gasteiger partial charge in [-0.3, -0.25) is 33.2 Å². The van der Waals surface area contributed by atoms with Crippen LogP contribution in [-0.4, -0.2) is 129 Å². The van der Waals surface area contributed by atoms with Crippen LogP contribution in [-0.2, 0) is 23.8 Å². The highest BCUT2D eigenvalue weighted by atomic mass is 19.1. The van der Waals surface area contributed by atoms with E-state index in [9.17, 15) is 34.5 Å². The lowest BCUT2D eigenvalue weighted by Gasteiger charge is -2.39. The number of hydrogen-bond acceptors (Lipinski definition) is 16. The first-order valence-electron chi connectivity index (χ1n) is 29.0. The third-order valence-corrected chi connectivity index (χ3v) is 18.9. The molecule has 440 valence electrons. The summed E-state index contributed by atoms with van der Waals surface area (Å²) in [6, 6.07) is 1.98. The van der Waals surface area contributed by atoms with Gasteiger partial charge in [0.05, 0.1) is 58.7 Å². The van der Waals surface area contributed by atoms with Crippen molar-refractivity contribution in [1.29, 1.82) is 0 Å². The predicted octanol–water partition coefficient (Wildman–Crippen LogP) is 7.32. The Morgan fingerprint density at radius 3 is 2.18 bits per heavy atom. The number of hydrogen-bond donors (Lipinski definition) is 5. The number of esters is 1. The molecule has 5 N–H and O–H groups in total. The molecular formula is C63H78FN5O13. The molecule has 18 nitrogen and oxygen atoms in total. The largest absolute Gasteiger partial charge is 0.507 e. The number of phenolic OH excluding ortho intramolecular Hbond substituents is 1. The fourth-order valence-electron chi connectivity index (χ4n) is 13.7. The predicted molar refractivity (Wildman–Crippen MR) is 303 cm³/mol. The highest BCUT2D eigenvalue weighted by molar-refractivity contribution is 6.32. The van der Waals surface area contributed by atoms with Crippen LogP contribution >= 0.6 is 0 Å². The Morgan fingerprint density at radius 1 is 0.854 bits per heavy atom. The first kappa shape index (κ1) is 58.5. The van der Waals surface area contributed by atoms with Crippen LogP contribution in [0.25, 0.3) is 5.52 Å². The van der Waals surface area contributed by atoms with Gasteiger partial charge in [0.1, 0.15) is 29.0 Å². The quantitative estimate of drug-likeness (QED) is 0.139. The summed E-state index contributed by atoms with van der Waals surface area (Å²) in [7, 11) is 1.43. The van der Waals surface area contributed by atoms with E-state index in [0.717, 1.165) is 48.7 Å². The zero-order chi connectivity index (χ0) is 59.2. The molecule has 8 aliphatic rings. The number of aromatic hydroxyl groups is 1. The van der Waals surface area contributed by atoms with Crippen molar-refractivity contribution in [2.75, 3.05) is 38.2 Å². The van der Waals surface area contributed by atoms with Gasteiger partial charge in [-0.15, -0.1) is 0 Å². The fraction of sp³-hybridized carbons (Fsp3) is 0.556. The number of nitrogens with one attached hydrogen (secondary N) is 2. The topological polar surface area (TPSA) is 235 Å². The molecule has 4 fully saturated rings. The Hall–Kier alpha value is -6.67. The molecular weight excluding hydrogens is 1050 g/mol. The van der Waals surface area contributed by atoms with E-state index in [1.165, 1.54) is 63.8 Å². The normalized spacial score (nSPS) is 31.4. The molecule has 5 aliphatic heterocycles. The number of amides is 1. The van der Waals surface area contributed by atoms with Crippen LogP contribution in [0.15, 0.2) is 64.6 Å². The van der Waals surface area contributed by atoms with Gasteiger partial charge in [-0.05, 0) is 108 Å². The number of fused-ring (bicyclic) bond motifs is 15. The number of benzene rings is 1. The van der Waals surface area contributed by atoms with E-state index in [0.29, 0.717) is 43.1 Å². The Bertz CT molecular complexity index is 3350. The van der Waals surface area contributed by atoms with Gasteiger partial charge in [0.2, 0.25) is 11.6 Å². The van der Waals surface area contributed by atoms with Crippen molar-refractivity contribution < 1.29 is 62.6 Å². The van der Waals surface area contributed by atoms with Crippen LogP contribution in [0.3, 0.4) is 0 Å². The molecule has 0 radical (unpaired) electrons. The number of ether oxygens (including phenoxy) is 4. The van der Waals surface area contributed by atoms with Crippen molar-refractivity contribution in [1.82, 2.24) is 19.9 Å². The van der Waals surface area contributed by atoms with Crippen molar-refractivity contribution in [3.05, 3.63) is 115 Å². The molecule has 1 unspecified atom stereocenters. The number of allylic oxidation sites excluding steroid dienone is 4. The molecule has 7 heterocycles. The minimum Gasteiger partial charge on any atom is -0.507 e. The number of Topliss-reactive ketones (excluding diaryl/α,β-unsaturated/α-hetero) is 3. The van der Waals surface area contributed by atoms with Gasteiger partial charge in [0.15, 0.2) is 5.82 Å². The summed E-state index contributed by atoms with van der Waals surface area (Å²) in [6.07, 6.45) is 10.6. The van der Waals surface area contributed by atoms with Gasteiger partial charge in [-0.25, -0.2) is 4.39 Å². The Morgan fingerprint density at radius 2 is 1.54 bits per heavy atom. The standard InChI is InChI=1S/C63H78FN5O13/c1-30-13-12-14-31(2)60(77)65-48-51(67-24-18-41(19-25-67)66-63(21-22-63)40-17-23-68(28-40)50-34(5)49-42(39-15-16-39)27-32(3)61(78)69(49)29-43(50)64)56(75)45-46(55(48)74)54(73)37(8)58-47(45)59(76)62(10,82-58)80-26-20-44(79-11)33(4)57(81-38(9)70)36(7)53(72)35(6)52(30)71/h12-14,20,26-27,29-30,33,35-36,39-41,44,52-53,57,66,71-73H,15-19,21-25,28H2,1-11H3,(H,65,77)/b13-12+,26-20+,31-14-/t30-,33+,35+,36+,40?,44-,52-,53+,57+,62-/m0/s1. The molecule has 82 heavy (non-hydrogen) atoms. The van der Waals surface area contributed by atoms with E-state index >= 15 is 14.0 Å². The highest BCUT2D eigenvalue weighted by Crippen LogP contribution is 2.51. The van der Waals surface area contributed by atoms with Crippen LogP contribution in [0.5, 0.6) is 11.5 Å². The van der Waals surface area contributed by atoms with Crippen LogP contribution in [0.2, 0.25) is 0 Å². The number of ketones is 3. The van der Waals surface area contributed by atoms with E-state index in [1.54, 1.807) is 51.7 Å². The number of pyridine rings is 2. The van der Waals surface area contributed by atoms with E-state index in [1.807, 2.05) is 13.0 Å². The third-order valence-electron chi connectivity index (χ3n) is 18.9. The summed E-state index contributed by atoms with van der Waals surface area (Å²) in [4.78, 5) is 89.3. The van der Waals surface area contributed by atoms with Crippen LogP contribution in [0.1, 0.15) is 153 Å². The maximum Gasteiger partial charge on any atom is 0.312 e. The molecule has 1 aromatic carbocycles. The minimum absolute atomic E-state index is 0.00455. The van der Waals surface area contributed by atoms with Gasteiger partial charge in [0.25, 0.3) is 17.2 Å². The average Bonchev–Trinajstić information content (AvgIpc) is 2.08. The van der Waals surface area contributed by atoms with Crippen LogP contribution in [0, 0.1) is 56.2 Å². The number of aryl methyl sites for hydroxylation is 2. The number of nitrogens with zero attached hydrogens (tertiary/aromatic N) is 3. The van der Waals surface area contributed by atoms with Crippen molar-refractivity contribution in [3.63, 3.8) is 0 Å². The van der Waals surface area contributed by atoms with Crippen molar-refractivity contribution in [2.24, 2.45) is 29.6 Å². The number of phenols is 1. The molecule has 0 spiro atoms. The first-order valence-corrected chi connectivity index (χ1v) is 29.0. The minimum atomic E-state index is -2.13. The molecule has 19 heteroatoms. The zero-order valence-corrected chi connectivity index (χ0v) is 48.8. The molecule has 2 saturated carbocycles. The molecule has 3 aliphatic carbocycles. The second-order valence-corrected chi connectivity index (χ2v) is 24.5. The lowest BCUT2D eigenvalue weighted by atomic mass is 9.78. The molecule has 3 aromatic rings. The first-order chi connectivity index (χ1) is 38.8. The van der Waals surface area contributed by atoms with E-state index in [-0.39, 0.29) is 75.6 Å². The number of anilines is 1. The van der Waals surface area contributed by atoms with E-state index in [2.05, 4.69) is 15.5 Å². The number of carbonyl (C=O) groups is 5. The number of rotatable bonds is 8. The summed E-state index contributed by atoms with van der Waals surface area (Å²) in [5.41, 5.74) is 1.95. The fourth-order valence-corrected chi connectivity index (χ4v) is 13.7. The number of methoxy groups -OCH3 is 1. The van der Waals surface area contributed by atoms with Crippen LogP contribution < -0.4 is 25.8 Å². The van der Waals surface area contributed by atoms with Crippen molar-refractivity contribution in [3.8, 4) is 11.5 Å². The smallest absolute Gasteiger partial charge is 0.312 e. The molecule has 1 amide bonds. The molecule has 2 saturated heterocycles. The maximum atomic E-state index is 16.2. The Balaban J connectivity index is 0.942. The maximum absolute atomic E-state index is 16.2. The highest BCUT2D eigenvalue weighted by Gasteiger charge is 2.55. The van der Waals surface area contributed by atoms with Gasteiger partial charge < -0.3 is 54.7 Å². The number of halogens is 1. The number of aliphatic hydroxyl groups is 2. The number of aromatic nitrogens is 1. The molecule has 5 bridgehead atoms. The average molecular weight is 1130 g/mol. The van der Waals surface area contributed by atoms with Crippen molar-refractivity contribution in [2.45, 2.75) is 162 Å². The number of carbonyl (C=O) groups excluding carboxylic acids is 5.